The maximum Gasteiger partial charge on any atom is 0.333 e. The van der Waals surface area contributed by atoms with Crippen molar-refractivity contribution in [2.45, 2.75) is 84.5 Å². The van der Waals surface area contributed by atoms with Crippen LogP contribution in [0.3, 0.4) is 0 Å². The molecule has 0 aromatic carbocycles. The average molecular weight is 336 g/mol. The molecule has 136 valence electrons. The number of hydrogen-bond donors (Lipinski definition) is 2. The minimum atomic E-state index is -1.07. The zero-order valence-electron chi connectivity index (χ0n) is 15.5. The number of aliphatic hydroxyl groups is 2. The van der Waals surface area contributed by atoms with Crippen LogP contribution in [0, 0.1) is 22.7 Å². The van der Waals surface area contributed by atoms with Crippen LogP contribution < -0.4 is 0 Å². The van der Waals surface area contributed by atoms with Crippen molar-refractivity contribution in [2.75, 3.05) is 0 Å². The fraction of sp³-hybridized carbons (Fsp3) is 0.850. The van der Waals surface area contributed by atoms with Gasteiger partial charge in [-0.15, -0.1) is 0 Å². The van der Waals surface area contributed by atoms with Gasteiger partial charge < -0.3 is 14.9 Å². The van der Waals surface area contributed by atoms with E-state index in [0.717, 1.165) is 38.5 Å². The highest BCUT2D eigenvalue weighted by Gasteiger charge is 2.59. The van der Waals surface area contributed by atoms with Crippen molar-refractivity contribution >= 4 is 5.97 Å². The van der Waals surface area contributed by atoms with Crippen molar-refractivity contribution in [1.82, 2.24) is 0 Å². The fourth-order valence-electron chi connectivity index (χ4n) is 5.79. The first-order valence-electron chi connectivity index (χ1n) is 9.42. The van der Waals surface area contributed by atoms with Gasteiger partial charge in [0.1, 0.15) is 0 Å². The van der Waals surface area contributed by atoms with Crippen molar-refractivity contribution in [2.24, 2.45) is 22.7 Å². The molecule has 0 bridgehead atoms. The molecule has 0 saturated heterocycles. The quantitative estimate of drug-likeness (QED) is 0.773. The Balaban J connectivity index is 1.83. The van der Waals surface area contributed by atoms with Gasteiger partial charge in [-0.2, -0.15) is 0 Å². The van der Waals surface area contributed by atoms with Crippen molar-refractivity contribution in [3.05, 3.63) is 11.6 Å². The Morgan fingerprint density at radius 1 is 1.25 bits per heavy atom. The lowest BCUT2D eigenvalue weighted by Gasteiger charge is -2.63. The number of esters is 1. The summed E-state index contributed by atoms with van der Waals surface area (Å²) in [4.78, 5) is 11.3. The Morgan fingerprint density at radius 3 is 2.58 bits per heavy atom. The predicted molar refractivity (Wildman–Crippen MR) is 92.0 cm³/mol. The number of hydrogen-bond acceptors (Lipinski definition) is 4. The molecule has 24 heavy (non-hydrogen) atoms. The Morgan fingerprint density at radius 2 is 1.96 bits per heavy atom. The normalized spacial score (nSPS) is 48.7. The van der Waals surface area contributed by atoms with Gasteiger partial charge >= 0.3 is 5.97 Å². The number of carbonyl (C=O) groups excluding carboxylic acids is 1. The summed E-state index contributed by atoms with van der Waals surface area (Å²) in [5.41, 5.74) is 0.136. The molecule has 2 saturated carbocycles. The summed E-state index contributed by atoms with van der Waals surface area (Å²) in [7, 11) is 0. The highest BCUT2D eigenvalue weighted by molar-refractivity contribution is 5.85. The van der Waals surface area contributed by atoms with Gasteiger partial charge in [-0.05, 0) is 68.1 Å². The summed E-state index contributed by atoms with van der Waals surface area (Å²) >= 11 is 0. The lowest BCUT2D eigenvalue weighted by Crippen LogP contribution is -2.60. The highest BCUT2D eigenvalue weighted by Crippen LogP contribution is 2.64. The predicted octanol–water partition coefficient (Wildman–Crippen LogP) is 3.56. The Kier molecular flexibility index (Phi) is 4.37. The molecule has 2 aliphatic carbocycles. The SMILES string of the molecule is CC1CCC2(C)C(CCCC2(C)O)C1(C)CCC1=CC(=O)OC1O. The van der Waals surface area contributed by atoms with E-state index in [0.29, 0.717) is 23.8 Å². The number of ether oxygens (including phenoxy) is 1. The Hall–Kier alpha value is -0.870. The number of cyclic esters (lactones) is 1. The standard InChI is InChI=1S/C20H32O4/c1-13-7-11-19(3)15(6-5-9-20(19,4)23)18(13,2)10-8-14-12-16(21)24-17(14)22/h12-13,15,17,22-23H,5-11H2,1-4H3. The molecule has 4 heteroatoms. The summed E-state index contributed by atoms with van der Waals surface area (Å²) in [5.74, 6) is 0.596. The lowest BCUT2D eigenvalue weighted by molar-refractivity contribution is -0.192. The van der Waals surface area contributed by atoms with E-state index in [4.69, 9.17) is 4.74 Å². The smallest absolute Gasteiger partial charge is 0.333 e. The molecular formula is C20H32O4. The molecule has 0 spiro atoms. The minimum absolute atomic E-state index is 0.0541. The Bertz CT molecular complexity index is 552. The molecule has 6 atom stereocenters. The molecule has 1 aliphatic heterocycles. The molecular weight excluding hydrogens is 304 g/mol. The molecule has 6 unspecified atom stereocenters. The molecule has 2 fully saturated rings. The van der Waals surface area contributed by atoms with Gasteiger partial charge in [0.15, 0.2) is 0 Å². The molecule has 0 aromatic rings. The summed E-state index contributed by atoms with van der Waals surface area (Å²) in [6.45, 7) is 8.97. The Labute approximate surface area is 145 Å². The van der Waals surface area contributed by atoms with Crippen molar-refractivity contribution in [3.8, 4) is 0 Å². The van der Waals surface area contributed by atoms with E-state index in [1.807, 2.05) is 6.92 Å². The van der Waals surface area contributed by atoms with E-state index in [-0.39, 0.29) is 10.8 Å². The summed E-state index contributed by atoms with van der Waals surface area (Å²) < 4.78 is 4.82. The number of aliphatic hydroxyl groups excluding tert-OH is 1. The van der Waals surface area contributed by atoms with Crippen LogP contribution in [0.25, 0.3) is 0 Å². The van der Waals surface area contributed by atoms with Gasteiger partial charge in [-0.1, -0.05) is 27.2 Å². The number of fused-ring (bicyclic) bond motifs is 1. The molecule has 2 N–H and O–H groups in total. The second-order valence-corrected chi connectivity index (χ2v) is 9.09. The zero-order chi connectivity index (χ0) is 17.8. The monoisotopic (exact) mass is 336 g/mol. The molecule has 4 nitrogen and oxygen atoms in total. The number of rotatable bonds is 3. The van der Waals surface area contributed by atoms with Gasteiger partial charge in [0.05, 0.1) is 5.60 Å². The molecule has 0 aromatic heterocycles. The second kappa shape index (κ2) is 5.84. The minimum Gasteiger partial charge on any atom is -0.429 e. The third kappa shape index (κ3) is 2.62. The van der Waals surface area contributed by atoms with Gasteiger partial charge in [0.2, 0.25) is 6.29 Å². The third-order valence-corrected chi connectivity index (χ3v) is 7.97. The number of carbonyl (C=O) groups is 1. The first-order chi connectivity index (χ1) is 11.1. The van der Waals surface area contributed by atoms with Crippen LogP contribution in [0.4, 0.5) is 0 Å². The second-order valence-electron chi connectivity index (χ2n) is 9.09. The van der Waals surface area contributed by atoms with Crippen LogP contribution in [0.5, 0.6) is 0 Å². The summed E-state index contributed by atoms with van der Waals surface area (Å²) in [5, 5.41) is 20.9. The van der Waals surface area contributed by atoms with Crippen LogP contribution in [0.15, 0.2) is 11.6 Å². The molecule has 0 radical (unpaired) electrons. The van der Waals surface area contributed by atoms with Crippen LogP contribution in [0.2, 0.25) is 0 Å². The summed E-state index contributed by atoms with van der Waals surface area (Å²) in [6, 6.07) is 0. The molecule has 3 rings (SSSR count). The van der Waals surface area contributed by atoms with E-state index < -0.39 is 17.9 Å². The van der Waals surface area contributed by atoms with E-state index in [9.17, 15) is 15.0 Å². The fourth-order valence-corrected chi connectivity index (χ4v) is 5.79. The summed E-state index contributed by atoms with van der Waals surface area (Å²) in [6.07, 6.45) is 7.29. The van der Waals surface area contributed by atoms with Crippen LogP contribution in [-0.2, 0) is 9.53 Å². The molecule has 0 amide bonds. The zero-order valence-corrected chi connectivity index (χ0v) is 15.5. The van der Waals surface area contributed by atoms with Crippen LogP contribution >= 0.6 is 0 Å². The van der Waals surface area contributed by atoms with Crippen LogP contribution in [-0.4, -0.2) is 28.1 Å². The topological polar surface area (TPSA) is 66.8 Å². The highest BCUT2D eigenvalue weighted by atomic mass is 16.6. The van der Waals surface area contributed by atoms with Crippen molar-refractivity contribution in [3.63, 3.8) is 0 Å². The maximum atomic E-state index is 11.3. The first-order valence-corrected chi connectivity index (χ1v) is 9.42. The van der Waals surface area contributed by atoms with Crippen LogP contribution in [0.1, 0.15) is 72.6 Å². The van der Waals surface area contributed by atoms with E-state index in [1.165, 1.54) is 6.08 Å². The largest absolute Gasteiger partial charge is 0.429 e. The van der Waals surface area contributed by atoms with Crippen molar-refractivity contribution < 1.29 is 19.7 Å². The maximum absolute atomic E-state index is 11.3. The average Bonchev–Trinajstić information content (AvgIpc) is 2.82. The van der Waals surface area contributed by atoms with Gasteiger partial charge in [-0.25, -0.2) is 4.79 Å². The van der Waals surface area contributed by atoms with E-state index in [2.05, 4.69) is 20.8 Å². The molecule has 1 heterocycles. The van der Waals surface area contributed by atoms with Gasteiger partial charge in [0, 0.05) is 11.6 Å². The lowest BCUT2D eigenvalue weighted by atomic mass is 9.43. The van der Waals surface area contributed by atoms with Crippen molar-refractivity contribution in [1.29, 1.82) is 0 Å². The molecule has 3 aliphatic rings. The van der Waals surface area contributed by atoms with Gasteiger partial charge in [-0.3, -0.25) is 0 Å². The van der Waals surface area contributed by atoms with E-state index in [1.54, 1.807) is 0 Å². The third-order valence-electron chi connectivity index (χ3n) is 7.97. The van der Waals surface area contributed by atoms with E-state index >= 15 is 0 Å². The first kappa shape index (κ1) is 17.9. The van der Waals surface area contributed by atoms with Gasteiger partial charge in [0.25, 0.3) is 0 Å².